The Hall–Kier alpha value is -3.64. The molecular formula is C25H26N4O2. The Balaban J connectivity index is 1.43. The van der Waals surface area contributed by atoms with E-state index in [-0.39, 0.29) is 5.91 Å². The largest absolute Gasteiger partial charge is 0.489 e. The maximum absolute atomic E-state index is 12.4. The van der Waals surface area contributed by atoms with E-state index in [4.69, 9.17) is 4.74 Å². The van der Waals surface area contributed by atoms with Crippen molar-refractivity contribution in [2.75, 3.05) is 27.2 Å². The summed E-state index contributed by atoms with van der Waals surface area (Å²) in [5.74, 6) is 1.48. The Morgan fingerprint density at radius 1 is 1.03 bits per heavy atom. The molecule has 6 nitrogen and oxygen atoms in total. The van der Waals surface area contributed by atoms with Crippen LogP contribution in [0.5, 0.6) is 5.75 Å². The van der Waals surface area contributed by atoms with Gasteiger partial charge in [-0.1, -0.05) is 30.3 Å². The molecule has 4 rings (SSSR count). The molecule has 0 saturated heterocycles. The molecule has 2 N–H and O–H groups in total. The Labute approximate surface area is 181 Å². The quantitative estimate of drug-likeness (QED) is 0.455. The van der Waals surface area contributed by atoms with Crippen LogP contribution in [0.3, 0.4) is 0 Å². The second-order valence-corrected chi connectivity index (χ2v) is 7.68. The maximum atomic E-state index is 12.4. The summed E-state index contributed by atoms with van der Waals surface area (Å²) in [7, 11) is 3.96. The molecule has 6 heteroatoms. The number of hydrogen-bond donors (Lipinski definition) is 2. The molecule has 0 bridgehead atoms. The highest BCUT2D eigenvalue weighted by atomic mass is 16.5. The number of imidazole rings is 1. The zero-order chi connectivity index (χ0) is 21.6. The summed E-state index contributed by atoms with van der Waals surface area (Å²) in [5, 5.41) is 2.93. The number of likely N-dealkylation sites (N-methyl/N-ethyl adjacent to an activating group) is 1. The Kier molecular flexibility index (Phi) is 6.29. The van der Waals surface area contributed by atoms with Crippen LogP contribution in [0.15, 0.2) is 72.8 Å². The first-order chi connectivity index (χ1) is 15.1. The third kappa shape index (κ3) is 5.29. The van der Waals surface area contributed by atoms with Crippen molar-refractivity contribution in [1.82, 2.24) is 20.2 Å². The summed E-state index contributed by atoms with van der Waals surface area (Å²) in [5.41, 5.74) is 4.36. The zero-order valence-corrected chi connectivity index (χ0v) is 17.8. The van der Waals surface area contributed by atoms with Gasteiger partial charge in [0.1, 0.15) is 18.2 Å². The molecular weight excluding hydrogens is 388 g/mol. The van der Waals surface area contributed by atoms with Crippen LogP contribution in [-0.2, 0) is 6.61 Å². The molecule has 0 fully saturated rings. The van der Waals surface area contributed by atoms with Crippen LogP contribution >= 0.6 is 0 Å². The molecule has 158 valence electrons. The van der Waals surface area contributed by atoms with Gasteiger partial charge in [-0.15, -0.1) is 0 Å². The molecule has 0 atom stereocenters. The number of hydrogen-bond acceptors (Lipinski definition) is 4. The molecule has 0 aliphatic carbocycles. The average Bonchev–Trinajstić information content (AvgIpc) is 3.22. The fourth-order valence-corrected chi connectivity index (χ4v) is 3.23. The van der Waals surface area contributed by atoms with Gasteiger partial charge < -0.3 is 19.9 Å². The van der Waals surface area contributed by atoms with Crippen LogP contribution in [0.4, 0.5) is 0 Å². The zero-order valence-electron chi connectivity index (χ0n) is 17.8. The first kappa shape index (κ1) is 20.6. The molecule has 0 aliphatic rings. The van der Waals surface area contributed by atoms with Crippen molar-refractivity contribution < 1.29 is 9.53 Å². The van der Waals surface area contributed by atoms with Gasteiger partial charge in [-0.3, -0.25) is 4.79 Å². The number of carbonyl (C=O) groups excluding carboxylic acids is 1. The van der Waals surface area contributed by atoms with Gasteiger partial charge in [0.05, 0.1) is 11.0 Å². The van der Waals surface area contributed by atoms with E-state index in [1.165, 1.54) is 0 Å². The van der Waals surface area contributed by atoms with Crippen LogP contribution in [0.1, 0.15) is 15.9 Å². The van der Waals surface area contributed by atoms with E-state index in [0.29, 0.717) is 18.7 Å². The smallest absolute Gasteiger partial charge is 0.251 e. The lowest BCUT2D eigenvalue weighted by Crippen LogP contribution is -2.31. The van der Waals surface area contributed by atoms with Crippen molar-refractivity contribution in [3.63, 3.8) is 0 Å². The number of ether oxygens (including phenoxy) is 1. The number of nitrogens with one attached hydrogen (secondary N) is 2. The molecule has 1 heterocycles. The van der Waals surface area contributed by atoms with Crippen LogP contribution in [0.2, 0.25) is 0 Å². The van der Waals surface area contributed by atoms with Crippen LogP contribution in [0.25, 0.3) is 22.4 Å². The van der Waals surface area contributed by atoms with E-state index >= 15 is 0 Å². The van der Waals surface area contributed by atoms with Crippen molar-refractivity contribution in [1.29, 1.82) is 0 Å². The molecule has 0 aliphatic heterocycles. The fourth-order valence-electron chi connectivity index (χ4n) is 3.23. The van der Waals surface area contributed by atoms with Crippen molar-refractivity contribution >= 4 is 16.9 Å². The molecule has 1 amide bonds. The topological polar surface area (TPSA) is 70.2 Å². The van der Waals surface area contributed by atoms with Gasteiger partial charge in [0, 0.05) is 24.2 Å². The van der Waals surface area contributed by atoms with Gasteiger partial charge >= 0.3 is 0 Å². The summed E-state index contributed by atoms with van der Waals surface area (Å²) in [6.07, 6.45) is 0. The molecule has 1 aromatic heterocycles. The van der Waals surface area contributed by atoms with E-state index in [2.05, 4.69) is 15.3 Å². The van der Waals surface area contributed by atoms with Gasteiger partial charge in [0.25, 0.3) is 5.91 Å². The molecule has 3 aromatic carbocycles. The lowest BCUT2D eigenvalue weighted by Gasteiger charge is -2.10. The second kappa shape index (κ2) is 9.45. The lowest BCUT2D eigenvalue weighted by atomic mass is 10.2. The van der Waals surface area contributed by atoms with Gasteiger partial charge in [-0.05, 0) is 62.1 Å². The molecule has 0 spiro atoms. The van der Waals surface area contributed by atoms with Gasteiger partial charge in [-0.2, -0.15) is 0 Å². The van der Waals surface area contributed by atoms with Crippen LogP contribution < -0.4 is 10.1 Å². The number of rotatable bonds is 8. The molecule has 31 heavy (non-hydrogen) atoms. The number of amides is 1. The van der Waals surface area contributed by atoms with Crippen molar-refractivity contribution in [2.45, 2.75) is 6.61 Å². The Bertz CT molecular complexity index is 1150. The number of aromatic amines is 1. The van der Waals surface area contributed by atoms with E-state index < -0.39 is 0 Å². The predicted molar refractivity (Wildman–Crippen MR) is 123 cm³/mol. The minimum Gasteiger partial charge on any atom is -0.489 e. The highest BCUT2D eigenvalue weighted by Gasteiger charge is 2.10. The summed E-state index contributed by atoms with van der Waals surface area (Å²) in [6.45, 7) is 1.94. The molecule has 0 saturated carbocycles. The minimum atomic E-state index is -0.0835. The lowest BCUT2D eigenvalue weighted by molar-refractivity contribution is 0.0951. The van der Waals surface area contributed by atoms with Crippen molar-refractivity contribution in [3.05, 3.63) is 83.9 Å². The van der Waals surface area contributed by atoms with E-state index in [1.807, 2.05) is 85.7 Å². The van der Waals surface area contributed by atoms with Gasteiger partial charge in [0.15, 0.2) is 0 Å². The van der Waals surface area contributed by atoms with Crippen LogP contribution in [0, 0.1) is 0 Å². The van der Waals surface area contributed by atoms with Gasteiger partial charge in [-0.25, -0.2) is 4.98 Å². The van der Waals surface area contributed by atoms with E-state index in [1.54, 1.807) is 6.07 Å². The number of aromatic nitrogens is 2. The minimum absolute atomic E-state index is 0.0835. The SMILES string of the molecule is CN(C)CCNC(=O)c1ccc2nc(-c3ccc(OCc4ccccc4)cc3)[nH]c2c1. The van der Waals surface area contributed by atoms with Crippen molar-refractivity contribution in [3.8, 4) is 17.1 Å². The summed E-state index contributed by atoms with van der Waals surface area (Å²) in [4.78, 5) is 22.4. The van der Waals surface area contributed by atoms with E-state index in [9.17, 15) is 4.79 Å². The molecule has 4 aromatic rings. The first-order valence-electron chi connectivity index (χ1n) is 10.3. The molecule has 0 unspecified atom stereocenters. The van der Waals surface area contributed by atoms with Crippen molar-refractivity contribution in [2.24, 2.45) is 0 Å². The number of carbonyl (C=O) groups is 1. The highest BCUT2D eigenvalue weighted by Crippen LogP contribution is 2.24. The Morgan fingerprint density at radius 3 is 2.55 bits per heavy atom. The standard InChI is InChI=1S/C25H26N4O2/c1-29(2)15-14-26-25(30)20-10-13-22-23(16-20)28-24(27-22)19-8-11-21(12-9-19)31-17-18-6-4-3-5-7-18/h3-13,16H,14-15,17H2,1-2H3,(H,26,30)(H,27,28). The van der Waals surface area contributed by atoms with Crippen LogP contribution in [-0.4, -0.2) is 48.0 Å². The monoisotopic (exact) mass is 414 g/mol. The second-order valence-electron chi connectivity index (χ2n) is 7.68. The summed E-state index contributed by atoms with van der Waals surface area (Å²) < 4.78 is 5.85. The first-order valence-corrected chi connectivity index (χ1v) is 10.3. The number of H-pyrrole nitrogens is 1. The maximum Gasteiger partial charge on any atom is 0.251 e. The van der Waals surface area contributed by atoms with Gasteiger partial charge in [0.2, 0.25) is 0 Å². The third-order valence-corrected chi connectivity index (χ3v) is 4.96. The van der Waals surface area contributed by atoms with E-state index in [0.717, 1.165) is 40.3 Å². The Morgan fingerprint density at radius 2 is 1.81 bits per heavy atom. The highest BCUT2D eigenvalue weighted by molar-refractivity contribution is 5.97. The number of nitrogens with zero attached hydrogens (tertiary/aromatic N) is 2. The third-order valence-electron chi connectivity index (χ3n) is 4.96. The number of benzene rings is 3. The number of fused-ring (bicyclic) bond motifs is 1. The summed E-state index contributed by atoms with van der Waals surface area (Å²) in [6, 6.07) is 23.4. The normalized spacial score (nSPS) is 11.1. The average molecular weight is 415 g/mol. The summed E-state index contributed by atoms with van der Waals surface area (Å²) >= 11 is 0. The molecule has 0 radical (unpaired) electrons. The predicted octanol–water partition coefficient (Wildman–Crippen LogP) is 4.10. The fraction of sp³-hybridized carbons (Fsp3) is 0.200.